The Bertz CT molecular complexity index is 983. The molecule has 0 aliphatic carbocycles. The van der Waals surface area contributed by atoms with Crippen LogP contribution in [0.3, 0.4) is 0 Å². The van der Waals surface area contributed by atoms with E-state index in [1.54, 1.807) is 7.05 Å². The summed E-state index contributed by atoms with van der Waals surface area (Å²) in [6.45, 7) is 7.80. The maximum atomic E-state index is 14.0. The smallest absolute Gasteiger partial charge is 0.245 e. The summed E-state index contributed by atoms with van der Waals surface area (Å²) in [7, 11) is 1.76. The summed E-state index contributed by atoms with van der Waals surface area (Å²) in [6.07, 6.45) is 3.66. The summed E-state index contributed by atoms with van der Waals surface area (Å²) in [5, 5.41) is 6.04. The second kappa shape index (κ2) is 11.4. The highest BCUT2D eigenvalue weighted by atomic mass is 16.2. The molecule has 2 saturated heterocycles. The van der Waals surface area contributed by atoms with Gasteiger partial charge in [0.05, 0.1) is 11.6 Å². The molecule has 2 heterocycles. The van der Waals surface area contributed by atoms with Crippen molar-refractivity contribution in [2.75, 3.05) is 33.2 Å². The van der Waals surface area contributed by atoms with Crippen LogP contribution in [-0.2, 0) is 22.4 Å². The fourth-order valence-corrected chi connectivity index (χ4v) is 5.76. The first-order chi connectivity index (χ1) is 16.9. The molecule has 0 spiro atoms. The van der Waals surface area contributed by atoms with Gasteiger partial charge < -0.3 is 20.4 Å². The molecule has 2 aliphatic heterocycles. The van der Waals surface area contributed by atoms with E-state index < -0.39 is 6.04 Å². The first-order valence-corrected chi connectivity index (χ1v) is 13.0. The Balaban J connectivity index is 1.49. The summed E-state index contributed by atoms with van der Waals surface area (Å²) in [6, 6.07) is 19.7. The third-order valence-corrected chi connectivity index (χ3v) is 8.08. The molecule has 0 aromatic heterocycles. The van der Waals surface area contributed by atoms with E-state index in [4.69, 9.17) is 0 Å². The van der Waals surface area contributed by atoms with Crippen molar-refractivity contribution in [3.8, 4) is 0 Å². The molecule has 2 N–H and O–H groups in total. The third-order valence-electron chi connectivity index (χ3n) is 8.08. The van der Waals surface area contributed by atoms with Crippen molar-refractivity contribution >= 4 is 11.8 Å². The predicted molar refractivity (Wildman–Crippen MR) is 140 cm³/mol. The average molecular weight is 477 g/mol. The highest BCUT2D eigenvalue weighted by Gasteiger charge is 2.51. The van der Waals surface area contributed by atoms with Gasteiger partial charge in [0.25, 0.3) is 0 Å². The van der Waals surface area contributed by atoms with Gasteiger partial charge in [0.15, 0.2) is 0 Å². The van der Waals surface area contributed by atoms with E-state index in [0.29, 0.717) is 12.3 Å². The van der Waals surface area contributed by atoms with E-state index in [2.05, 4.69) is 57.7 Å². The van der Waals surface area contributed by atoms with Gasteiger partial charge in [-0.15, -0.1) is 0 Å². The Kier molecular flexibility index (Phi) is 8.24. The molecule has 0 unspecified atom stereocenters. The van der Waals surface area contributed by atoms with Crippen molar-refractivity contribution < 1.29 is 9.59 Å². The van der Waals surface area contributed by atoms with E-state index in [1.165, 1.54) is 5.56 Å². The minimum Gasteiger partial charge on any atom is -0.343 e. The van der Waals surface area contributed by atoms with Gasteiger partial charge in [-0.1, -0.05) is 60.7 Å². The molecular weight excluding hydrogens is 436 g/mol. The average Bonchev–Trinajstić information content (AvgIpc) is 3.23. The number of piperidine rings is 1. The number of nitrogens with one attached hydrogen (secondary N) is 2. The molecule has 2 aliphatic rings. The summed E-state index contributed by atoms with van der Waals surface area (Å²) >= 11 is 0. The highest BCUT2D eigenvalue weighted by molar-refractivity contribution is 5.90. The number of hydrogen-bond donors (Lipinski definition) is 2. The molecule has 35 heavy (non-hydrogen) atoms. The molecule has 2 fully saturated rings. The molecule has 2 amide bonds. The zero-order valence-corrected chi connectivity index (χ0v) is 21.4. The van der Waals surface area contributed by atoms with Gasteiger partial charge in [-0.3, -0.25) is 9.59 Å². The lowest BCUT2D eigenvalue weighted by Gasteiger charge is -2.47. The Morgan fingerprint density at radius 2 is 1.63 bits per heavy atom. The summed E-state index contributed by atoms with van der Waals surface area (Å²) in [4.78, 5) is 31.4. The number of likely N-dealkylation sites (N-methyl/N-ethyl adjacent to an activating group) is 1. The largest absolute Gasteiger partial charge is 0.343 e. The van der Waals surface area contributed by atoms with Crippen molar-refractivity contribution in [1.29, 1.82) is 0 Å². The number of hydrogen-bond acceptors (Lipinski definition) is 4. The lowest BCUT2D eigenvalue weighted by molar-refractivity contribution is -0.142. The van der Waals surface area contributed by atoms with Crippen LogP contribution >= 0.6 is 0 Å². The normalized spacial score (nSPS) is 24.0. The van der Waals surface area contributed by atoms with Crippen molar-refractivity contribution in [2.45, 2.75) is 57.2 Å². The quantitative estimate of drug-likeness (QED) is 0.584. The summed E-state index contributed by atoms with van der Waals surface area (Å²) in [5.74, 6) is 0.403. The monoisotopic (exact) mass is 476 g/mol. The van der Waals surface area contributed by atoms with Crippen LogP contribution in [0.4, 0.5) is 0 Å². The molecule has 188 valence electrons. The Hall–Kier alpha value is -2.70. The second-order valence-electron chi connectivity index (χ2n) is 10.4. The van der Waals surface area contributed by atoms with Crippen LogP contribution in [-0.4, -0.2) is 72.5 Å². The molecule has 6 heteroatoms. The lowest BCUT2D eigenvalue weighted by atomic mass is 9.80. The highest BCUT2D eigenvalue weighted by Crippen LogP contribution is 2.41. The fraction of sp³-hybridized carbons (Fsp3) is 0.517. The third kappa shape index (κ3) is 5.93. The van der Waals surface area contributed by atoms with Crippen molar-refractivity contribution in [2.24, 2.45) is 5.92 Å². The lowest BCUT2D eigenvalue weighted by Crippen LogP contribution is -2.62. The maximum absolute atomic E-state index is 14.0. The molecule has 2 aromatic carbocycles. The Morgan fingerprint density at radius 1 is 1.00 bits per heavy atom. The molecule has 6 nitrogen and oxygen atoms in total. The number of carbonyl (C=O) groups excluding carboxylic acids is 2. The molecular formula is C29H40N4O2. The van der Waals surface area contributed by atoms with Crippen molar-refractivity contribution in [3.05, 3.63) is 71.8 Å². The molecule has 4 atom stereocenters. The standard InChI is InChI=1S/C29H40N4O2/c1-22(30-3)27(34)31-26(20-24-12-8-5-9-13-24)28(35)33-19-16-25-15-18-32(21-29(25,33)2)17-14-23-10-6-4-7-11-23/h4-13,22,25-26,30H,14-21H2,1-3H3,(H,31,34)/t22-,25+,26-,29+/m0/s1. The number of benzene rings is 2. The second-order valence-corrected chi connectivity index (χ2v) is 10.4. The van der Waals surface area contributed by atoms with Crippen LogP contribution in [0.1, 0.15) is 37.8 Å². The zero-order valence-electron chi connectivity index (χ0n) is 21.4. The number of fused-ring (bicyclic) bond motifs is 1. The van der Waals surface area contributed by atoms with E-state index in [9.17, 15) is 9.59 Å². The zero-order chi connectivity index (χ0) is 24.8. The van der Waals surface area contributed by atoms with Gasteiger partial charge in [0, 0.05) is 26.1 Å². The molecule has 0 saturated carbocycles. The van der Waals surface area contributed by atoms with Gasteiger partial charge in [0.1, 0.15) is 6.04 Å². The van der Waals surface area contributed by atoms with E-state index in [0.717, 1.165) is 51.0 Å². The van der Waals surface area contributed by atoms with Crippen LogP contribution < -0.4 is 10.6 Å². The first-order valence-electron chi connectivity index (χ1n) is 13.0. The summed E-state index contributed by atoms with van der Waals surface area (Å²) < 4.78 is 0. The fourth-order valence-electron chi connectivity index (χ4n) is 5.76. The van der Waals surface area contributed by atoms with Gasteiger partial charge >= 0.3 is 0 Å². The number of amides is 2. The number of likely N-dealkylation sites (tertiary alicyclic amines) is 2. The maximum Gasteiger partial charge on any atom is 0.245 e. The van der Waals surface area contributed by atoms with Gasteiger partial charge in [0.2, 0.25) is 11.8 Å². The van der Waals surface area contributed by atoms with E-state index in [-0.39, 0.29) is 23.4 Å². The molecule has 4 rings (SSSR count). The van der Waals surface area contributed by atoms with Gasteiger partial charge in [-0.25, -0.2) is 0 Å². The molecule has 0 bridgehead atoms. The van der Waals surface area contributed by atoms with Crippen LogP contribution in [0.2, 0.25) is 0 Å². The van der Waals surface area contributed by atoms with Crippen molar-refractivity contribution in [1.82, 2.24) is 20.4 Å². The number of nitrogens with zero attached hydrogens (tertiary/aromatic N) is 2. The molecule has 2 aromatic rings. The van der Waals surface area contributed by atoms with E-state index >= 15 is 0 Å². The van der Waals surface area contributed by atoms with Crippen LogP contribution in [0.5, 0.6) is 0 Å². The Morgan fingerprint density at radius 3 is 2.29 bits per heavy atom. The van der Waals surface area contributed by atoms with Crippen LogP contribution in [0.15, 0.2) is 60.7 Å². The van der Waals surface area contributed by atoms with Gasteiger partial charge in [-0.05, 0) is 63.7 Å². The SMILES string of the molecule is CN[C@@H](C)C(=O)N[C@@H](Cc1ccccc1)C(=O)N1CC[C@H]2CCN(CCc3ccccc3)C[C@]21C. The minimum atomic E-state index is -0.573. The van der Waals surface area contributed by atoms with Crippen LogP contribution in [0.25, 0.3) is 0 Å². The summed E-state index contributed by atoms with van der Waals surface area (Å²) in [5.41, 5.74) is 2.20. The topological polar surface area (TPSA) is 64.7 Å². The first kappa shape index (κ1) is 25.4. The number of rotatable bonds is 9. The van der Waals surface area contributed by atoms with E-state index in [1.807, 2.05) is 37.3 Å². The number of carbonyl (C=O) groups is 2. The minimum absolute atomic E-state index is 0.0421. The van der Waals surface area contributed by atoms with Crippen molar-refractivity contribution in [3.63, 3.8) is 0 Å². The Labute approximate surface area is 210 Å². The van der Waals surface area contributed by atoms with Gasteiger partial charge in [-0.2, -0.15) is 0 Å². The molecule has 0 radical (unpaired) electrons. The predicted octanol–water partition coefficient (Wildman–Crippen LogP) is 2.88. The van der Waals surface area contributed by atoms with Crippen LogP contribution in [0, 0.1) is 5.92 Å².